The van der Waals surface area contributed by atoms with Crippen molar-refractivity contribution in [2.75, 3.05) is 0 Å². The molecule has 0 radical (unpaired) electrons. The molecule has 3 nitrogen and oxygen atoms in total. The van der Waals surface area contributed by atoms with E-state index in [1.165, 1.54) is 0 Å². The summed E-state index contributed by atoms with van der Waals surface area (Å²) in [7, 11) is 0. The van der Waals surface area contributed by atoms with Crippen molar-refractivity contribution in [3.8, 4) is 11.5 Å². The summed E-state index contributed by atoms with van der Waals surface area (Å²) in [6.45, 7) is 1.96. The van der Waals surface area contributed by atoms with Gasteiger partial charge in [-0.1, -0.05) is 34.1 Å². The Morgan fingerprint density at radius 1 is 1.15 bits per heavy atom. The van der Waals surface area contributed by atoms with Crippen LogP contribution in [0.25, 0.3) is 22.4 Å². The maximum absolute atomic E-state index is 12.1. The topological polar surface area (TPSA) is 43.1 Å². The number of fused-ring (bicyclic) bond motifs is 1. The van der Waals surface area contributed by atoms with Gasteiger partial charge in [-0.3, -0.25) is 0 Å². The van der Waals surface area contributed by atoms with Crippen LogP contribution in [-0.2, 0) is 0 Å². The van der Waals surface area contributed by atoms with Crippen molar-refractivity contribution in [1.82, 2.24) is 4.98 Å². The average Bonchev–Trinajstić information content (AvgIpc) is 2.40. The van der Waals surface area contributed by atoms with Gasteiger partial charge in [0.2, 0.25) is 5.89 Å². The Hall–Kier alpha value is -1.46. The normalized spacial score (nSPS) is 10.9. The molecular weight excluding hydrogens is 386 g/mol. The molecule has 3 rings (SSSR count). The molecule has 1 aromatic heterocycles. The molecule has 3 aromatic rings. The summed E-state index contributed by atoms with van der Waals surface area (Å²) in [5.41, 5.74) is 2.04. The van der Waals surface area contributed by atoms with Crippen LogP contribution < -0.4 is 5.63 Å². The van der Waals surface area contributed by atoms with Gasteiger partial charge in [-0.05, 0) is 46.6 Å². The molecule has 0 saturated carbocycles. The summed E-state index contributed by atoms with van der Waals surface area (Å²) in [4.78, 5) is 16.6. The highest BCUT2D eigenvalue weighted by Crippen LogP contribution is 2.28. The van der Waals surface area contributed by atoms with E-state index >= 15 is 0 Å². The van der Waals surface area contributed by atoms with Gasteiger partial charge in [0.05, 0.1) is 10.9 Å². The second kappa shape index (κ2) is 5.14. The Bertz CT molecular complexity index is 871. The molecule has 0 unspecified atom stereocenters. The average molecular weight is 395 g/mol. The lowest BCUT2D eigenvalue weighted by Crippen LogP contribution is -2.04. The third-order valence-electron chi connectivity index (χ3n) is 3.03. The molecule has 0 aliphatic heterocycles. The van der Waals surface area contributed by atoms with E-state index in [2.05, 4.69) is 36.8 Å². The van der Waals surface area contributed by atoms with E-state index in [0.717, 1.165) is 20.1 Å². The zero-order valence-electron chi connectivity index (χ0n) is 10.5. The predicted molar refractivity (Wildman–Crippen MR) is 85.9 cm³/mol. The molecule has 0 fully saturated rings. The van der Waals surface area contributed by atoms with Gasteiger partial charge in [0, 0.05) is 14.5 Å². The molecular formula is C15H9Br2NO2. The standard InChI is InChI=1S/C15H9Br2NO2/c1-8-4-2-3-5-10(8)14-18-13-11(15(19)20-14)6-9(16)7-12(13)17/h2-7H,1H3. The van der Waals surface area contributed by atoms with Crippen LogP contribution in [0.4, 0.5) is 0 Å². The zero-order valence-corrected chi connectivity index (χ0v) is 13.7. The third-order valence-corrected chi connectivity index (χ3v) is 4.09. The number of aromatic nitrogens is 1. The highest BCUT2D eigenvalue weighted by molar-refractivity contribution is 9.11. The van der Waals surface area contributed by atoms with Gasteiger partial charge in [-0.25, -0.2) is 9.78 Å². The molecule has 0 atom stereocenters. The molecule has 0 bridgehead atoms. The molecule has 2 aromatic carbocycles. The lowest BCUT2D eigenvalue weighted by Gasteiger charge is -2.06. The molecule has 0 aliphatic rings. The Labute approximate surface area is 131 Å². The number of aryl methyl sites for hydroxylation is 1. The van der Waals surface area contributed by atoms with Crippen LogP contribution in [0.1, 0.15) is 5.56 Å². The minimum absolute atomic E-state index is 0.337. The first-order chi connectivity index (χ1) is 9.56. The zero-order chi connectivity index (χ0) is 14.3. The summed E-state index contributed by atoms with van der Waals surface area (Å²) in [5, 5.41) is 0.448. The second-order valence-corrected chi connectivity index (χ2v) is 6.18. The van der Waals surface area contributed by atoms with E-state index < -0.39 is 5.63 Å². The highest BCUT2D eigenvalue weighted by atomic mass is 79.9. The lowest BCUT2D eigenvalue weighted by atomic mass is 10.1. The fraction of sp³-hybridized carbons (Fsp3) is 0.0667. The minimum Gasteiger partial charge on any atom is -0.403 e. The minimum atomic E-state index is -0.393. The Balaban J connectivity index is 2.36. The van der Waals surface area contributed by atoms with Gasteiger partial charge in [0.25, 0.3) is 0 Å². The van der Waals surface area contributed by atoms with Crippen molar-refractivity contribution in [3.05, 3.63) is 61.3 Å². The number of hydrogen-bond donors (Lipinski definition) is 0. The van der Waals surface area contributed by atoms with Crippen molar-refractivity contribution < 1.29 is 4.42 Å². The van der Waals surface area contributed by atoms with Crippen LogP contribution in [0.2, 0.25) is 0 Å². The van der Waals surface area contributed by atoms with E-state index in [1.807, 2.05) is 37.3 Å². The monoisotopic (exact) mass is 393 g/mol. The van der Waals surface area contributed by atoms with Crippen LogP contribution in [0.15, 0.2) is 54.6 Å². The highest BCUT2D eigenvalue weighted by Gasteiger charge is 2.13. The largest absolute Gasteiger partial charge is 0.403 e. The quantitative estimate of drug-likeness (QED) is 0.601. The van der Waals surface area contributed by atoms with E-state index in [-0.39, 0.29) is 0 Å². The van der Waals surface area contributed by atoms with E-state index in [0.29, 0.717) is 16.8 Å². The Morgan fingerprint density at radius 3 is 2.65 bits per heavy atom. The van der Waals surface area contributed by atoms with Gasteiger partial charge in [0.1, 0.15) is 0 Å². The van der Waals surface area contributed by atoms with Crippen LogP contribution >= 0.6 is 31.9 Å². The first kappa shape index (κ1) is 13.5. The van der Waals surface area contributed by atoms with Crippen molar-refractivity contribution in [3.63, 3.8) is 0 Å². The number of nitrogens with zero attached hydrogens (tertiary/aromatic N) is 1. The van der Waals surface area contributed by atoms with E-state index in [4.69, 9.17) is 4.42 Å². The molecule has 0 amide bonds. The number of hydrogen-bond acceptors (Lipinski definition) is 3. The summed E-state index contributed by atoms with van der Waals surface area (Å²) in [5.74, 6) is 0.337. The van der Waals surface area contributed by atoms with Crippen molar-refractivity contribution in [2.24, 2.45) is 0 Å². The van der Waals surface area contributed by atoms with Crippen LogP contribution in [0, 0.1) is 6.92 Å². The molecule has 0 N–H and O–H groups in total. The maximum atomic E-state index is 12.1. The molecule has 100 valence electrons. The fourth-order valence-electron chi connectivity index (χ4n) is 2.03. The molecule has 0 spiro atoms. The summed E-state index contributed by atoms with van der Waals surface area (Å²) in [6, 6.07) is 11.2. The molecule has 20 heavy (non-hydrogen) atoms. The Morgan fingerprint density at radius 2 is 1.90 bits per heavy atom. The van der Waals surface area contributed by atoms with Gasteiger partial charge in [0.15, 0.2) is 0 Å². The maximum Gasteiger partial charge on any atom is 0.347 e. The first-order valence-electron chi connectivity index (χ1n) is 5.92. The van der Waals surface area contributed by atoms with Crippen molar-refractivity contribution in [2.45, 2.75) is 6.92 Å². The Kier molecular flexibility index (Phi) is 3.48. The third kappa shape index (κ3) is 2.31. The van der Waals surface area contributed by atoms with Gasteiger partial charge in [-0.15, -0.1) is 0 Å². The second-order valence-electron chi connectivity index (χ2n) is 4.41. The number of halogens is 2. The molecule has 0 saturated heterocycles. The number of rotatable bonds is 1. The molecule has 0 aliphatic carbocycles. The smallest absolute Gasteiger partial charge is 0.347 e. The van der Waals surface area contributed by atoms with Crippen molar-refractivity contribution in [1.29, 1.82) is 0 Å². The SMILES string of the molecule is Cc1ccccc1-c1nc2c(Br)cc(Br)cc2c(=O)o1. The summed E-state index contributed by atoms with van der Waals surface area (Å²) >= 11 is 6.79. The van der Waals surface area contributed by atoms with Gasteiger partial charge in [-0.2, -0.15) is 0 Å². The summed E-state index contributed by atoms with van der Waals surface area (Å²) < 4.78 is 6.91. The molecule has 1 heterocycles. The van der Waals surface area contributed by atoms with Crippen LogP contribution in [-0.4, -0.2) is 4.98 Å². The van der Waals surface area contributed by atoms with E-state index in [9.17, 15) is 4.79 Å². The fourth-order valence-corrected chi connectivity index (χ4v) is 3.34. The van der Waals surface area contributed by atoms with E-state index in [1.54, 1.807) is 6.07 Å². The van der Waals surface area contributed by atoms with Crippen LogP contribution in [0.5, 0.6) is 0 Å². The number of benzene rings is 2. The van der Waals surface area contributed by atoms with Crippen LogP contribution in [0.3, 0.4) is 0 Å². The molecule has 5 heteroatoms. The predicted octanol–water partition coefficient (Wildman–Crippen LogP) is 4.69. The van der Waals surface area contributed by atoms with Gasteiger partial charge >= 0.3 is 5.63 Å². The first-order valence-corrected chi connectivity index (χ1v) is 7.51. The lowest BCUT2D eigenvalue weighted by molar-refractivity contribution is 0.518. The summed E-state index contributed by atoms with van der Waals surface area (Å²) in [6.07, 6.45) is 0. The van der Waals surface area contributed by atoms with Crippen molar-refractivity contribution >= 4 is 42.8 Å². The van der Waals surface area contributed by atoms with Gasteiger partial charge < -0.3 is 4.42 Å².